The molecule has 5 nitrogen and oxygen atoms in total. The molecule has 1 saturated heterocycles. The molecule has 0 unspecified atom stereocenters. The van der Waals surface area contributed by atoms with E-state index in [9.17, 15) is 4.79 Å². The lowest BCUT2D eigenvalue weighted by molar-refractivity contribution is -0.118. The van der Waals surface area contributed by atoms with E-state index in [0.717, 1.165) is 31.7 Å². The minimum absolute atomic E-state index is 0. The van der Waals surface area contributed by atoms with Crippen LogP contribution in [0.5, 0.6) is 11.5 Å². The second-order valence-corrected chi connectivity index (χ2v) is 4.56. The average molecular weight is 285 g/mol. The van der Waals surface area contributed by atoms with Crippen molar-refractivity contribution in [2.45, 2.75) is 18.9 Å². The number of fused-ring (bicyclic) bond motifs is 1. The number of nitrogens with one attached hydrogen (secondary N) is 2. The Labute approximate surface area is 118 Å². The van der Waals surface area contributed by atoms with Crippen molar-refractivity contribution in [1.29, 1.82) is 0 Å². The molecule has 0 radical (unpaired) electrons. The zero-order valence-corrected chi connectivity index (χ0v) is 11.3. The second kappa shape index (κ2) is 6.12. The standard InChI is InChI=1S/C13H16N2O3.ClH/c16-13-8-17-12-2-1-10(7-11(12)15-13)18-9-3-5-14-6-4-9;/h1-2,7,9,14H,3-6,8H2,(H,15,16);1H. The first-order chi connectivity index (χ1) is 8.81. The molecule has 1 amide bonds. The molecule has 19 heavy (non-hydrogen) atoms. The van der Waals surface area contributed by atoms with Gasteiger partial charge in [0.25, 0.3) is 5.91 Å². The lowest BCUT2D eigenvalue weighted by Crippen LogP contribution is -2.34. The third kappa shape index (κ3) is 3.30. The Kier molecular flexibility index (Phi) is 4.50. The Bertz CT molecular complexity index is 461. The van der Waals surface area contributed by atoms with Gasteiger partial charge in [-0.2, -0.15) is 0 Å². The summed E-state index contributed by atoms with van der Waals surface area (Å²) in [6.45, 7) is 2.08. The van der Waals surface area contributed by atoms with Gasteiger partial charge in [0.15, 0.2) is 6.61 Å². The largest absolute Gasteiger partial charge is 0.490 e. The van der Waals surface area contributed by atoms with Crippen molar-refractivity contribution in [2.24, 2.45) is 0 Å². The first-order valence-electron chi connectivity index (χ1n) is 6.25. The molecule has 2 aliphatic heterocycles. The summed E-state index contributed by atoms with van der Waals surface area (Å²) < 4.78 is 11.2. The van der Waals surface area contributed by atoms with Crippen LogP contribution in [0.2, 0.25) is 0 Å². The molecule has 1 aromatic carbocycles. The summed E-state index contributed by atoms with van der Waals surface area (Å²) in [4.78, 5) is 11.2. The van der Waals surface area contributed by atoms with E-state index in [1.807, 2.05) is 18.2 Å². The summed E-state index contributed by atoms with van der Waals surface area (Å²) in [5.74, 6) is 1.36. The monoisotopic (exact) mass is 284 g/mol. The lowest BCUT2D eigenvalue weighted by atomic mass is 10.1. The van der Waals surface area contributed by atoms with Gasteiger partial charge >= 0.3 is 0 Å². The van der Waals surface area contributed by atoms with Crippen molar-refractivity contribution in [3.05, 3.63) is 18.2 Å². The Balaban J connectivity index is 0.00000133. The van der Waals surface area contributed by atoms with E-state index in [2.05, 4.69) is 10.6 Å². The number of benzene rings is 1. The second-order valence-electron chi connectivity index (χ2n) is 4.56. The van der Waals surface area contributed by atoms with Crippen molar-refractivity contribution >= 4 is 24.0 Å². The van der Waals surface area contributed by atoms with Crippen LogP contribution in [-0.2, 0) is 4.79 Å². The van der Waals surface area contributed by atoms with Crippen molar-refractivity contribution in [2.75, 3.05) is 25.0 Å². The summed E-state index contributed by atoms with van der Waals surface area (Å²) in [6, 6.07) is 5.55. The van der Waals surface area contributed by atoms with E-state index in [0.29, 0.717) is 11.4 Å². The highest BCUT2D eigenvalue weighted by molar-refractivity contribution is 5.95. The third-order valence-corrected chi connectivity index (χ3v) is 3.17. The Hall–Kier alpha value is -1.46. The molecule has 2 heterocycles. The molecule has 2 aliphatic rings. The van der Waals surface area contributed by atoms with Crippen LogP contribution in [0, 0.1) is 0 Å². The highest BCUT2D eigenvalue weighted by Gasteiger charge is 2.18. The number of amides is 1. The number of hydrogen-bond acceptors (Lipinski definition) is 4. The molecule has 0 aliphatic carbocycles. The van der Waals surface area contributed by atoms with Crippen LogP contribution >= 0.6 is 12.4 Å². The van der Waals surface area contributed by atoms with Gasteiger partial charge in [0, 0.05) is 6.07 Å². The number of halogens is 1. The van der Waals surface area contributed by atoms with Crippen LogP contribution in [0.3, 0.4) is 0 Å². The number of hydrogen-bond donors (Lipinski definition) is 2. The Morgan fingerprint density at radius 1 is 1.26 bits per heavy atom. The van der Waals surface area contributed by atoms with Crippen LogP contribution < -0.4 is 20.1 Å². The number of anilines is 1. The molecule has 0 spiro atoms. The summed E-state index contributed by atoms with van der Waals surface area (Å²) >= 11 is 0. The summed E-state index contributed by atoms with van der Waals surface area (Å²) in [6.07, 6.45) is 2.28. The number of ether oxygens (including phenoxy) is 2. The highest BCUT2D eigenvalue weighted by Crippen LogP contribution is 2.32. The molecular weight excluding hydrogens is 268 g/mol. The SMILES string of the molecule is Cl.O=C1COc2ccc(OC3CCNCC3)cc2N1. The van der Waals surface area contributed by atoms with Gasteiger partial charge in [-0.25, -0.2) is 0 Å². The van der Waals surface area contributed by atoms with E-state index in [1.165, 1.54) is 0 Å². The zero-order chi connectivity index (χ0) is 12.4. The average Bonchev–Trinajstić information content (AvgIpc) is 2.39. The number of carbonyl (C=O) groups is 1. The van der Waals surface area contributed by atoms with Crippen LogP contribution in [0.4, 0.5) is 5.69 Å². The molecule has 0 atom stereocenters. The maximum absolute atomic E-state index is 11.2. The van der Waals surface area contributed by atoms with Gasteiger partial charge in [-0.1, -0.05) is 0 Å². The summed E-state index contributed by atoms with van der Waals surface area (Å²) in [7, 11) is 0. The van der Waals surface area contributed by atoms with Crippen LogP contribution in [0.15, 0.2) is 18.2 Å². The fourth-order valence-corrected chi connectivity index (χ4v) is 2.24. The highest BCUT2D eigenvalue weighted by atomic mass is 35.5. The normalized spacial score (nSPS) is 18.6. The van der Waals surface area contributed by atoms with Gasteiger partial charge in [-0.05, 0) is 38.1 Å². The first kappa shape index (κ1) is 14.0. The van der Waals surface area contributed by atoms with Gasteiger partial charge in [-0.3, -0.25) is 4.79 Å². The van der Waals surface area contributed by atoms with Crippen molar-refractivity contribution in [1.82, 2.24) is 5.32 Å². The van der Waals surface area contributed by atoms with Crippen LogP contribution in [-0.4, -0.2) is 31.7 Å². The van der Waals surface area contributed by atoms with Gasteiger partial charge in [0.2, 0.25) is 0 Å². The Morgan fingerprint density at radius 3 is 2.84 bits per heavy atom. The van der Waals surface area contributed by atoms with E-state index < -0.39 is 0 Å². The number of piperidine rings is 1. The van der Waals surface area contributed by atoms with E-state index in [4.69, 9.17) is 9.47 Å². The molecule has 1 aromatic rings. The van der Waals surface area contributed by atoms with Gasteiger partial charge in [0.1, 0.15) is 17.6 Å². The molecule has 0 bridgehead atoms. The fraction of sp³-hybridized carbons (Fsp3) is 0.462. The van der Waals surface area contributed by atoms with Crippen molar-refractivity contribution < 1.29 is 14.3 Å². The number of rotatable bonds is 2. The zero-order valence-electron chi connectivity index (χ0n) is 10.5. The third-order valence-electron chi connectivity index (χ3n) is 3.17. The minimum atomic E-state index is -0.124. The van der Waals surface area contributed by atoms with E-state index >= 15 is 0 Å². The van der Waals surface area contributed by atoms with Gasteiger partial charge < -0.3 is 20.1 Å². The molecule has 0 aromatic heterocycles. The molecule has 104 valence electrons. The maximum atomic E-state index is 11.2. The van der Waals surface area contributed by atoms with Gasteiger partial charge in [0.05, 0.1) is 5.69 Å². The van der Waals surface area contributed by atoms with E-state index in [1.54, 1.807) is 0 Å². The maximum Gasteiger partial charge on any atom is 0.262 e. The van der Waals surface area contributed by atoms with Crippen molar-refractivity contribution in [3.8, 4) is 11.5 Å². The minimum Gasteiger partial charge on any atom is -0.490 e. The molecule has 0 saturated carbocycles. The molecule has 6 heteroatoms. The van der Waals surface area contributed by atoms with Crippen LogP contribution in [0.25, 0.3) is 0 Å². The van der Waals surface area contributed by atoms with Crippen molar-refractivity contribution in [3.63, 3.8) is 0 Å². The predicted molar refractivity (Wildman–Crippen MR) is 74.3 cm³/mol. The number of carbonyl (C=O) groups excluding carboxylic acids is 1. The molecule has 3 rings (SSSR count). The van der Waals surface area contributed by atoms with Crippen LogP contribution in [0.1, 0.15) is 12.8 Å². The lowest BCUT2D eigenvalue weighted by Gasteiger charge is -2.25. The van der Waals surface area contributed by atoms with E-state index in [-0.39, 0.29) is 31.0 Å². The topological polar surface area (TPSA) is 59.6 Å². The first-order valence-corrected chi connectivity index (χ1v) is 6.25. The Morgan fingerprint density at radius 2 is 2.05 bits per heavy atom. The fourth-order valence-electron chi connectivity index (χ4n) is 2.24. The summed E-state index contributed by atoms with van der Waals surface area (Å²) in [5, 5.41) is 6.08. The quantitative estimate of drug-likeness (QED) is 0.865. The molecular formula is C13H17ClN2O3. The predicted octanol–water partition coefficient (Wildman–Crippen LogP) is 1.57. The smallest absolute Gasteiger partial charge is 0.262 e. The summed E-state index contributed by atoms with van der Waals surface area (Å²) in [5.41, 5.74) is 0.692. The van der Waals surface area contributed by atoms with Gasteiger partial charge in [-0.15, -0.1) is 12.4 Å². The molecule has 1 fully saturated rings. The molecule has 2 N–H and O–H groups in total.